The highest BCUT2D eigenvalue weighted by molar-refractivity contribution is 8.01. The van der Waals surface area contributed by atoms with Gasteiger partial charge in [-0.3, -0.25) is 9.69 Å². The highest BCUT2D eigenvalue weighted by Gasteiger charge is 2.50. The number of carbonyl (C=O) groups excluding carboxylic acids is 1. The second-order valence-corrected chi connectivity index (χ2v) is 8.45. The van der Waals surface area contributed by atoms with Gasteiger partial charge in [0, 0.05) is 49.3 Å². The predicted molar refractivity (Wildman–Crippen MR) is 90.7 cm³/mol. The van der Waals surface area contributed by atoms with Gasteiger partial charge in [0.2, 0.25) is 5.91 Å². The summed E-state index contributed by atoms with van der Waals surface area (Å²) in [5.41, 5.74) is 0. The second kappa shape index (κ2) is 6.52. The number of aromatic nitrogens is 1. The lowest BCUT2D eigenvalue weighted by Gasteiger charge is -2.47. The minimum atomic E-state index is -0.408. The molecule has 3 aliphatic rings. The third-order valence-corrected chi connectivity index (χ3v) is 6.59. The van der Waals surface area contributed by atoms with Gasteiger partial charge in [0.15, 0.2) is 5.82 Å². The first-order valence-corrected chi connectivity index (χ1v) is 9.53. The number of hydrogen-bond donors (Lipinski definition) is 0. The van der Waals surface area contributed by atoms with Crippen molar-refractivity contribution in [3.8, 4) is 5.88 Å². The van der Waals surface area contributed by atoms with Crippen molar-refractivity contribution in [2.45, 2.75) is 30.1 Å². The molecule has 5 nitrogen and oxygen atoms in total. The Bertz CT molecular complexity index is 618. The Morgan fingerprint density at radius 1 is 1.42 bits per heavy atom. The summed E-state index contributed by atoms with van der Waals surface area (Å²) in [6.07, 6.45) is 4.70. The van der Waals surface area contributed by atoms with E-state index in [9.17, 15) is 9.18 Å². The van der Waals surface area contributed by atoms with E-state index in [2.05, 4.69) is 9.88 Å². The van der Waals surface area contributed by atoms with Crippen molar-refractivity contribution in [1.82, 2.24) is 14.8 Å². The summed E-state index contributed by atoms with van der Waals surface area (Å²) in [7, 11) is 0. The van der Waals surface area contributed by atoms with E-state index in [0.717, 1.165) is 51.2 Å². The van der Waals surface area contributed by atoms with E-state index in [1.807, 2.05) is 16.7 Å². The average Bonchev–Trinajstić information content (AvgIpc) is 3.19. The van der Waals surface area contributed by atoms with Crippen LogP contribution in [0.3, 0.4) is 0 Å². The van der Waals surface area contributed by atoms with E-state index < -0.39 is 5.82 Å². The number of pyridine rings is 1. The molecule has 0 saturated carbocycles. The summed E-state index contributed by atoms with van der Waals surface area (Å²) < 4.78 is 19.5. The predicted octanol–water partition coefficient (Wildman–Crippen LogP) is 1.78. The lowest BCUT2D eigenvalue weighted by atomic mass is 9.93. The maximum Gasteiger partial charge on any atom is 0.250 e. The normalized spacial score (nSPS) is 25.9. The minimum absolute atomic E-state index is 0.00386. The molecule has 0 N–H and O–H groups in total. The molecule has 1 unspecified atom stereocenters. The van der Waals surface area contributed by atoms with Gasteiger partial charge >= 0.3 is 0 Å². The number of ether oxygens (including phenoxy) is 1. The molecule has 0 bridgehead atoms. The van der Waals surface area contributed by atoms with Gasteiger partial charge in [-0.1, -0.05) is 0 Å². The van der Waals surface area contributed by atoms with Crippen LogP contribution in [0.1, 0.15) is 19.3 Å². The lowest BCUT2D eigenvalue weighted by molar-refractivity contribution is -0.132. The van der Waals surface area contributed by atoms with Crippen LogP contribution >= 0.6 is 11.8 Å². The lowest BCUT2D eigenvalue weighted by Crippen LogP contribution is -2.60. The molecule has 4 heterocycles. The summed E-state index contributed by atoms with van der Waals surface area (Å²) in [6.45, 7) is 4.20. The van der Waals surface area contributed by atoms with Crippen LogP contribution in [0.4, 0.5) is 4.39 Å². The Morgan fingerprint density at radius 2 is 2.21 bits per heavy atom. The third kappa shape index (κ3) is 3.24. The smallest absolute Gasteiger partial charge is 0.250 e. The molecule has 0 aliphatic carbocycles. The second-order valence-electron chi connectivity index (χ2n) is 6.96. The fraction of sp³-hybridized carbons (Fsp3) is 0.647. The number of hydrogen-bond acceptors (Lipinski definition) is 5. The van der Waals surface area contributed by atoms with Crippen molar-refractivity contribution >= 4 is 17.7 Å². The quantitative estimate of drug-likeness (QED) is 0.827. The first-order valence-electron chi connectivity index (χ1n) is 8.55. The summed E-state index contributed by atoms with van der Waals surface area (Å²) in [5.74, 6) is 0.799. The molecule has 130 valence electrons. The number of rotatable bonds is 4. The van der Waals surface area contributed by atoms with Crippen molar-refractivity contribution < 1.29 is 13.9 Å². The molecule has 3 fully saturated rings. The molecular formula is C17H22FN3O2S. The van der Waals surface area contributed by atoms with Crippen LogP contribution in [0.25, 0.3) is 0 Å². The molecule has 1 aromatic heterocycles. The molecular weight excluding hydrogens is 329 g/mol. The van der Waals surface area contributed by atoms with Gasteiger partial charge in [-0.05, 0) is 25.0 Å². The van der Waals surface area contributed by atoms with Gasteiger partial charge in [-0.25, -0.2) is 9.37 Å². The summed E-state index contributed by atoms with van der Waals surface area (Å²) in [5, 5.41) is 0. The van der Waals surface area contributed by atoms with Gasteiger partial charge < -0.3 is 9.64 Å². The summed E-state index contributed by atoms with van der Waals surface area (Å²) >= 11 is 1.89. The fourth-order valence-corrected chi connectivity index (χ4v) is 5.43. The van der Waals surface area contributed by atoms with Gasteiger partial charge in [-0.15, -0.1) is 11.8 Å². The number of carbonyl (C=O) groups is 1. The van der Waals surface area contributed by atoms with Gasteiger partial charge in [0.25, 0.3) is 5.88 Å². The number of likely N-dealkylation sites (tertiary alicyclic amines) is 2. The van der Waals surface area contributed by atoms with Crippen LogP contribution in [-0.2, 0) is 4.79 Å². The van der Waals surface area contributed by atoms with Gasteiger partial charge in [0.05, 0.1) is 6.54 Å². The highest BCUT2D eigenvalue weighted by Crippen LogP contribution is 2.46. The Hall–Kier alpha value is -1.34. The summed E-state index contributed by atoms with van der Waals surface area (Å²) in [6, 6.07) is 2.93. The van der Waals surface area contributed by atoms with Crippen LogP contribution in [0.5, 0.6) is 5.88 Å². The van der Waals surface area contributed by atoms with E-state index in [1.165, 1.54) is 6.07 Å². The molecule has 1 spiro atoms. The van der Waals surface area contributed by atoms with Crippen LogP contribution in [0.15, 0.2) is 18.3 Å². The Morgan fingerprint density at radius 3 is 2.96 bits per heavy atom. The van der Waals surface area contributed by atoms with Crippen molar-refractivity contribution in [2.24, 2.45) is 0 Å². The van der Waals surface area contributed by atoms with E-state index in [1.54, 1.807) is 12.3 Å². The Balaban J connectivity index is 1.26. The monoisotopic (exact) mass is 351 g/mol. The summed E-state index contributed by atoms with van der Waals surface area (Å²) in [4.78, 5) is 20.4. The maximum absolute atomic E-state index is 13.6. The molecule has 1 amide bonds. The minimum Gasteiger partial charge on any atom is -0.471 e. The molecule has 1 aromatic rings. The molecule has 0 radical (unpaired) electrons. The zero-order chi connectivity index (χ0) is 16.6. The van der Waals surface area contributed by atoms with Gasteiger partial charge in [0.1, 0.15) is 6.10 Å². The number of amides is 1. The number of nitrogens with zero attached hydrogens (tertiary/aromatic N) is 3. The van der Waals surface area contributed by atoms with Crippen molar-refractivity contribution in [3.63, 3.8) is 0 Å². The fourth-order valence-electron chi connectivity index (χ4n) is 3.85. The Kier molecular flexibility index (Phi) is 4.39. The average molecular weight is 351 g/mol. The van der Waals surface area contributed by atoms with Crippen LogP contribution < -0.4 is 4.74 Å². The maximum atomic E-state index is 13.6. The molecule has 0 aromatic carbocycles. The number of halogens is 1. The third-order valence-electron chi connectivity index (χ3n) is 5.02. The molecule has 4 rings (SSSR count). The number of thioether (sulfide) groups is 1. The highest BCUT2D eigenvalue weighted by atomic mass is 32.2. The van der Waals surface area contributed by atoms with Crippen LogP contribution in [0, 0.1) is 5.82 Å². The zero-order valence-corrected chi connectivity index (χ0v) is 14.4. The molecule has 1 atom stereocenters. The van der Waals surface area contributed by atoms with Crippen LogP contribution in [-0.4, -0.2) is 70.0 Å². The van der Waals surface area contributed by atoms with E-state index in [0.29, 0.717) is 6.54 Å². The van der Waals surface area contributed by atoms with Crippen molar-refractivity contribution in [2.75, 3.05) is 38.5 Å². The first-order chi connectivity index (χ1) is 11.6. The molecule has 3 saturated heterocycles. The standard InChI is InChI=1S/C17H22FN3O2S/c18-14-4-3-5-19-16(14)23-13-8-17(24-10-13)11-20(12-17)9-15(22)21-6-1-2-7-21/h3-5,13H,1-2,6-12H2. The topological polar surface area (TPSA) is 45.7 Å². The SMILES string of the molecule is O=C(CN1CC2(CC(Oc3ncccc3F)CS2)C1)N1CCCC1. The molecule has 3 aliphatic heterocycles. The van der Waals surface area contributed by atoms with E-state index in [4.69, 9.17) is 4.74 Å². The largest absolute Gasteiger partial charge is 0.471 e. The van der Waals surface area contributed by atoms with Gasteiger partial charge in [-0.2, -0.15) is 0 Å². The van der Waals surface area contributed by atoms with Crippen molar-refractivity contribution in [1.29, 1.82) is 0 Å². The zero-order valence-electron chi connectivity index (χ0n) is 13.6. The van der Waals surface area contributed by atoms with Crippen molar-refractivity contribution in [3.05, 3.63) is 24.1 Å². The molecule has 24 heavy (non-hydrogen) atoms. The van der Waals surface area contributed by atoms with Crippen LogP contribution in [0.2, 0.25) is 0 Å². The van der Waals surface area contributed by atoms with E-state index >= 15 is 0 Å². The van der Waals surface area contributed by atoms with E-state index in [-0.39, 0.29) is 22.6 Å². The Labute approximate surface area is 145 Å². The molecule has 7 heteroatoms. The first kappa shape index (κ1) is 16.1.